The van der Waals surface area contributed by atoms with Crippen LogP contribution in [0.3, 0.4) is 0 Å². The summed E-state index contributed by atoms with van der Waals surface area (Å²) in [6, 6.07) is 0. The predicted molar refractivity (Wildman–Crippen MR) is 70.3 cm³/mol. The van der Waals surface area contributed by atoms with Gasteiger partial charge < -0.3 is 5.11 Å². The van der Waals surface area contributed by atoms with Gasteiger partial charge in [-0.15, -0.1) is 0 Å². The van der Waals surface area contributed by atoms with Crippen molar-refractivity contribution in [3.63, 3.8) is 0 Å². The van der Waals surface area contributed by atoms with Crippen LogP contribution in [0.1, 0.15) is 54.4 Å². The largest absolute Gasteiger partial charge is 0.389 e. The van der Waals surface area contributed by atoms with Crippen molar-refractivity contribution in [1.29, 1.82) is 0 Å². The van der Waals surface area contributed by atoms with Crippen LogP contribution in [0, 0.1) is 10.8 Å². The first-order valence-electron chi connectivity index (χ1n) is 6.25. The fraction of sp³-hybridized carbons (Fsp3) is 0.733. The van der Waals surface area contributed by atoms with E-state index in [4.69, 9.17) is 0 Å². The normalized spacial score (nSPS) is 23.2. The summed E-state index contributed by atoms with van der Waals surface area (Å²) in [6.07, 6.45) is 6.09. The summed E-state index contributed by atoms with van der Waals surface area (Å²) in [5.74, 6) is 0. The highest BCUT2D eigenvalue weighted by molar-refractivity contribution is 5.38. The highest BCUT2D eigenvalue weighted by Gasteiger charge is 2.35. The minimum atomic E-state index is -0.356. The van der Waals surface area contributed by atoms with Gasteiger partial charge in [0.15, 0.2) is 0 Å². The maximum atomic E-state index is 9.36. The molecule has 0 spiro atoms. The van der Waals surface area contributed by atoms with Gasteiger partial charge in [-0.25, -0.2) is 0 Å². The second-order valence-corrected chi connectivity index (χ2v) is 6.63. The zero-order valence-corrected chi connectivity index (χ0v) is 11.6. The van der Waals surface area contributed by atoms with Crippen molar-refractivity contribution in [2.75, 3.05) is 0 Å². The van der Waals surface area contributed by atoms with Gasteiger partial charge in [0.25, 0.3) is 0 Å². The topological polar surface area (TPSA) is 20.2 Å². The van der Waals surface area contributed by atoms with E-state index in [1.165, 1.54) is 18.4 Å². The van der Waals surface area contributed by atoms with Crippen molar-refractivity contribution in [1.82, 2.24) is 0 Å². The first-order chi connectivity index (χ1) is 7.14. The Hall–Kier alpha value is -0.560. The van der Waals surface area contributed by atoms with Crippen molar-refractivity contribution in [3.8, 4) is 0 Å². The lowest BCUT2D eigenvalue weighted by Crippen LogP contribution is -2.13. The third-order valence-corrected chi connectivity index (χ3v) is 3.50. The van der Waals surface area contributed by atoms with Gasteiger partial charge >= 0.3 is 0 Å². The molecule has 1 nitrogen and oxygen atoms in total. The van der Waals surface area contributed by atoms with E-state index in [9.17, 15) is 5.11 Å². The second kappa shape index (κ2) is 4.37. The number of allylic oxidation sites excluding steroid dienone is 3. The summed E-state index contributed by atoms with van der Waals surface area (Å²) < 4.78 is 0. The molecule has 1 heteroatoms. The Morgan fingerprint density at radius 2 is 1.88 bits per heavy atom. The van der Waals surface area contributed by atoms with Crippen molar-refractivity contribution < 1.29 is 5.11 Å². The molecule has 1 rings (SSSR count). The van der Waals surface area contributed by atoms with E-state index in [-0.39, 0.29) is 16.9 Å². The third kappa shape index (κ3) is 2.98. The lowest BCUT2D eigenvalue weighted by atomic mass is 9.80. The van der Waals surface area contributed by atoms with Gasteiger partial charge in [-0.1, -0.05) is 52.3 Å². The Bertz CT molecular complexity index is 311. The SMILES string of the molecule is CC(O)/C=C/C1=C(C(C)(C)C)CCC1(C)C. The first kappa shape index (κ1) is 13.5. The Balaban J connectivity index is 3.12. The molecule has 16 heavy (non-hydrogen) atoms. The lowest BCUT2D eigenvalue weighted by molar-refractivity contribution is 0.244. The number of aliphatic hydroxyl groups excluding tert-OH is 1. The summed E-state index contributed by atoms with van der Waals surface area (Å²) >= 11 is 0. The molecular formula is C15H26O. The second-order valence-electron chi connectivity index (χ2n) is 6.63. The average molecular weight is 222 g/mol. The molecule has 1 aliphatic carbocycles. The molecule has 0 amide bonds. The molecule has 1 atom stereocenters. The van der Waals surface area contributed by atoms with Crippen LogP contribution in [0.2, 0.25) is 0 Å². The standard InChI is InChI=1S/C15H26O/c1-11(16)7-8-13-12(14(2,3)4)9-10-15(13,5)6/h7-8,11,16H,9-10H2,1-6H3/b8-7+. The summed E-state index contributed by atoms with van der Waals surface area (Å²) in [4.78, 5) is 0. The lowest BCUT2D eigenvalue weighted by Gasteiger charge is -2.25. The summed E-state index contributed by atoms with van der Waals surface area (Å²) in [5, 5.41) is 9.36. The number of aliphatic hydroxyl groups is 1. The number of hydrogen-bond acceptors (Lipinski definition) is 1. The Morgan fingerprint density at radius 3 is 2.31 bits per heavy atom. The van der Waals surface area contributed by atoms with E-state index in [0.717, 1.165) is 0 Å². The van der Waals surface area contributed by atoms with Gasteiger partial charge in [0.05, 0.1) is 6.10 Å². The molecular weight excluding hydrogens is 196 g/mol. The zero-order valence-electron chi connectivity index (χ0n) is 11.6. The molecule has 0 bridgehead atoms. The van der Waals surface area contributed by atoms with E-state index >= 15 is 0 Å². The van der Waals surface area contributed by atoms with Crippen molar-refractivity contribution in [2.24, 2.45) is 10.8 Å². The maximum Gasteiger partial charge on any atom is 0.0695 e. The Morgan fingerprint density at radius 1 is 1.31 bits per heavy atom. The molecule has 0 heterocycles. The third-order valence-electron chi connectivity index (χ3n) is 3.50. The van der Waals surface area contributed by atoms with Crippen LogP contribution < -0.4 is 0 Å². The van der Waals surface area contributed by atoms with Gasteiger partial charge in [-0.2, -0.15) is 0 Å². The zero-order chi connectivity index (χ0) is 12.6. The van der Waals surface area contributed by atoms with Crippen LogP contribution in [0.4, 0.5) is 0 Å². The average Bonchev–Trinajstić information content (AvgIpc) is 2.36. The van der Waals surface area contributed by atoms with Gasteiger partial charge in [0, 0.05) is 0 Å². The molecule has 0 aromatic heterocycles. The summed E-state index contributed by atoms with van der Waals surface area (Å²) in [5.41, 5.74) is 3.48. The van der Waals surface area contributed by atoms with E-state index in [1.807, 2.05) is 6.08 Å². The van der Waals surface area contributed by atoms with Gasteiger partial charge in [-0.05, 0) is 36.2 Å². The van der Waals surface area contributed by atoms with Crippen LogP contribution in [0.5, 0.6) is 0 Å². The molecule has 1 unspecified atom stereocenters. The van der Waals surface area contributed by atoms with Crippen LogP contribution >= 0.6 is 0 Å². The summed E-state index contributed by atoms with van der Waals surface area (Å²) in [7, 11) is 0. The van der Waals surface area contributed by atoms with E-state index in [2.05, 4.69) is 40.7 Å². The molecule has 0 aromatic rings. The van der Waals surface area contributed by atoms with E-state index in [0.29, 0.717) is 0 Å². The molecule has 92 valence electrons. The molecule has 1 aliphatic rings. The highest BCUT2D eigenvalue weighted by atomic mass is 16.3. The molecule has 0 aromatic carbocycles. The van der Waals surface area contributed by atoms with Crippen LogP contribution in [0.15, 0.2) is 23.3 Å². The predicted octanol–water partition coefficient (Wildman–Crippen LogP) is 4.09. The number of rotatable bonds is 2. The Kier molecular flexibility index (Phi) is 3.69. The Labute approximate surface area is 100 Å². The van der Waals surface area contributed by atoms with E-state index < -0.39 is 0 Å². The van der Waals surface area contributed by atoms with Crippen molar-refractivity contribution in [3.05, 3.63) is 23.3 Å². The molecule has 1 N–H and O–H groups in total. The molecule has 0 radical (unpaired) electrons. The minimum Gasteiger partial charge on any atom is -0.389 e. The smallest absolute Gasteiger partial charge is 0.0695 e. The van der Waals surface area contributed by atoms with E-state index in [1.54, 1.807) is 12.5 Å². The van der Waals surface area contributed by atoms with Crippen LogP contribution in [-0.2, 0) is 0 Å². The molecule has 0 aliphatic heterocycles. The fourth-order valence-corrected chi connectivity index (χ4v) is 2.46. The van der Waals surface area contributed by atoms with Gasteiger partial charge in [-0.3, -0.25) is 0 Å². The van der Waals surface area contributed by atoms with Crippen molar-refractivity contribution in [2.45, 2.75) is 60.5 Å². The first-order valence-corrected chi connectivity index (χ1v) is 6.25. The van der Waals surface area contributed by atoms with Gasteiger partial charge in [0.1, 0.15) is 0 Å². The monoisotopic (exact) mass is 222 g/mol. The maximum absolute atomic E-state index is 9.36. The molecule has 0 saturated heterocycles. The van der Waals surface area contributed by atoms with Crippen molar-refractivity contribution >= 4 is 0 Å². The summed E-state index contributed by atoms with van der Waals surface area (Å²) in [6.45, 7) is 13.2. The fourth-order valence-electron chi connectivity index (χ4n) is 2.46. The number of hydrogen-bond donors (Lipinski definition) is 1. The van der Waals surface area contributed by atoms with Gasteiger partial charge in [0.2, 0.25) is 0 Å². The minimum absolute atomic E-state index is 0.242. The highest BCUT2D eigenvalue weighted by Crippen LogP contribution is 2.48. The molecule has 0 saturated carbocycles. The van der Waals surface area contributed by atoms with Crippen LogP contribution in [0.25, 0.3) is 0 Å². The molecule has 0 fully saturated rings. The quantitative estimate of drug-likeness (QED) is 0.746. The van der Waals surface area contributed by atoms with Crippen LogP contribution in [-0.4, -0.2) is 11.2 Å².